The van der Waals surface area contributed by atoms with Crippen molar-refractivity contribution in [2.45, 2.75) is 18.9 Å². The molecule has 6 nitrogen and oxygen atoms in total. The fraction of sp³-hybridized carbons (Fsp3) is 0.316. The molecule has 7 heteroatoms. The van der Waals surface area contributed by atoms with Crippen molar-refractivity contribution < 1.29 is 13.9 Å². The Kier molecular flexibility index (Phi) is 4.38. The molecule has 134 valence electrons. The lowest BCUT2D eigenvalue weighted by Gasteiger charge is -2.23. The number of aromatic nitrogens is 3. The highest BCUT2D eigenvalue weighted by atomic mass is 19.1. The Morgan fingerprint density at radius 2 is 2.19 bits per heavy atom. The van der Waals surface area contributed by atoms with E-state index in [2.05, 4.69) is 10.3 Å². The molecule has 1 amide bonds. The van der Waals surface area contributed by atoms with Crippen molar-refractivity contribution in [1.82, 2.24) is 19.7 Å². The van der Waals surface area contributed by atoms with E-state index in [-0.39, 0.29) is 24.4 Å². The highest BCUT2D eigenvalue weighted by Gasteiger charge is 2.32. The molecule has 1 fully saturated rings. The number of methoxy groups -OCH3 is 1. The van der Waals surface area contributed by atoms with Crippen LogP contribution in [0, 0.1) is 5.82 Å². The number of nitrogens with zero attached hydrogens (tertiary/aromatic N) is 4. The summed E-state index contributed by atoms with van der Waals surface area (Å²) in [6.07, 6.45) is 3.62. The number of halogens is 1. The number of hydrogen-bond donors (Lipinski definition) is 0. The lowest BCUT2D eigenvalue weighted by molar-refractivity contribution is -0.136. The average Bonchev–Trinajstić information content (AvgIpc) is 3.28. The van der Waals surface area contributed by atoms with Crippen molar-refractivity contribution in [3.05, 3.63) is 54.1 Å². The second-order valence-electron chi connectivity index (χ2n) is 6.41. The summed E-state index contributed by atoms with van der Waals surface area (Å²) in [5.41, 5.74) is 3.28. The van der Waals surface area contributed by atoms with Crippen molar-refractivity contribution in [3.8, 4) is 11.1 Å². The van der Waals surface area contributed by atoms with Crippen LogP contribution in [0.5, 0.6) is 0 Å². The van der Waals surface area contributed by atoms with Crippen LogP contribution in [0.2, 0.25) is 0 Å². The molecule has 1 aliphatic rings. The molecular formula is C19H19FN4O2. The molecule has 0 spiro atoms. The zero-order chi connectivity index (χ0) is 18.1. The molecule has 0 aliphatic carbocycles. The van der Waals surface area contributed by atoms with E-state index in [0.29, 0.717) is 6.54 Å². The van der Waals surface area contributed by atoms with Gasteiger partial charge in [0, 0.05) is 25.4 Å². The number of hydrogen-bond acceptors (Lipinski definition) is 4. The van der Waals surface area contributed by atoms with E-state index in [4.69, 9.17) is 4.74 Å². The first-order valence-corrected chi connectivity index (χ1v) is 8.56. The van der Waals surface area contributed by atoms with Crippen LogP contribution < -0.4 is 0 Å². The summed E-state index contributed by atoms with van der Waals surface area (Å²) in [5.74, 6) is -0.312. The minimum atomic E-state index is -0.278. The molecular weight excluding hydrogens is 335 g/mol. The minimum absolute atomic E-state index is 0.0347. The first-order chi connectivity index (χ1) is 12.7. The Morgan fingerprint density at radius 1 is 1.31 bits per heavy atom. The number of pyridine rings is 1. The number of carbonyl (C=O) groups is 1. The molecule has 26 heavy (non-hydrogen) atoms. The summed E-state index contributed by atoms with van der Waals surface area (Å²) in [6, 6.07) is 10.2. The molecule has 0 N–H and O–H groups in total. The van der Waals surface area contributed by atoms with E-state index >= 15 is 0 Å². The number of benzene rings is 1. The van der Waals surface area contributed by atoms with Crippen LogP contribution in [0.4, 0.5) is 4.39 Å². The van der Waals surface area contributed by atoms with E-state index in [9.17, 15) is 9.18 Å². The van der Waals surface area contributed by atoms with Crippen LogP contribution in [0.25, 0.3) is 16.6 Å². The van der Waals surface area contributed by atoms with Gasteiger partial charge in [0.05, 0.1) is 11.6 Å². The van der Waals surface area contributed by atoms with Gasteiger partial charge in [0.25, 0.3) is 0 Å². The molecule has 0 unspecified atom stereocenters. The molecule has 2 aromatic heterocycles. The quantitative estimate of drug-likeness (QED) is 0.723. The standard InChI is InChI=1S/C19H19FN4O2/c1-26-12-18(25)23-9-3-6-16(23)19-17-8-7-14(11-24(17)22-21-19)13-4-2-5-15(20)10-13/h2,4-5,7-8,10-11,16H,3,6,9,12H2,1H3/t16-/m0/s1. The molecule has 1 aliphatic heterocycles. The van der Waals surface area contributed by atoms with Gasteiger partial charge in [-0.1, -0.05) is 23.4 Å². The van der Waals surface area contributed by atoms with Gasteiger partial charge < -0.3 is 9.64 Å². The van der Waals surface area contributed by atoms with Gasteiger partial charge in [0.15, 0.2) is 0 Å². The number of rotatable bonds is 4. The van der Waals surface area contributed by atoms with Gasteiger partial charge in [-0.25, -0.2) is 8.91 Å². The van der Waals surface area contributed by atoms with Gasteiger partial charge in [-0.15, -0.1) is 5.10 Å². The average molecular weight is 354 g/mol. The van der Waals surface area contributed by atoms with Crippen molar-refractivity contribution in [2.75, 3.05) is 20.3 Å². The summed E-state index contributed by atoms with van der Waals surface area (Å²) in [7, 11) is 1.52. The maximum atomic E-state index is 13.5. The summed E-state index contributed by atoms with van der Waals surface area (Å²) in [4.78, 5) is 14.1. The van der Waals surface area contributed by atoms with Crippen LogP contribution in [0.3, 0.4) is 0 Å². The minimum Gasteiger partial charge on any atom is -0.375 e. The van der Waals surface area contributed by atoms with Crippen molar-refractivity contribution in [1.29, 1.82) is 0 Å². The molecule has 0 bridgehead atoms. The van der Waals surface area contributed by atoms with Crippen molar-refractivity contribution >= 4 is 11.4 Å². The Morgan fingerprint density at radius 3 is 3.00 bits per heavy atom. The van der Waals surface area contributed by atoms with Gasteiger partial charge in [0.1, 0.15) is 18.1 Å². The van der Waals surface area contributed by atoms with Gasteiger partial charge in [-0.05, 0) is 36.6 Å². The summed E-state index contributed by atoms with van der Waals surface area (Å²) in [6.45, 7) is 0.771. The summed E-state index contributed by atoms with van der Waals surface area (Å²) >= 11 is 0. The van der Waals surface area contributed by atoms with Crippen LogP contribution >= 0.6 is 0 Å². The lowest BCUT2D eigenvalue weighted by Crippen LogP contribution is -2.33. The molecule has 3 aromatic rings. The smallest absolute Gasteiger partial charge is 0.249 e. The van der Waals surface area contributed by atoms with Gasteiger partial charge in [-0.3, -0.25) is 4.79 Å². The highest BCUT2D eigenvalue weighted by Crippen LogP contribution is 2.33. The van der Waals surface area contributed by atoms with E-state index in [1.807, 2.05) is 29.3 Å². The summed E-state index contributed by atoms with van der Waals surface area (Å²) in [5, 5.41) is 8.54. The van der Waals surface area contributed by atoms with E-state index in [0.717, 1.165) is 35.2 Å². The first kappa shape index (κ1) is 16.7. The Labute approximate surface area is 150 Å². The molecule has 1 saturated heterocycles. The van der Waals surface area contributed by atoms with Gasteiger partial charge in [-0.2, -0.15) is 0 Å². The number of likely N-dealkylation sites (tertiary alicyclic amines) is 1. The lowest BCUT2D eigenvalue weighted by atomic mass is 10.1. The van der Waals surface area contributed by atoms with Crippen LogP contribution in [-0.4, -0.2) is 45.9 Å². The predicted octanol–water partition coefficient (Wildman–Crippen LogP) is 2.85. The predicted molar refractivity (Wildman–Crippen MR) is 93.9 cm³/mol. The highest BCUT2D eigenvalue weighted by molar-refractivity contribution is 5.78. The van der Waals surface area contributed by atoms with Crippen LogP contribution in [-0.2, 0) is 9.53 Å². The zero-order valence-electron chi connectivity index (χ0n) is 14.4. The van der Waals surface area contributed by atoms with Crippen LogP contribution in [0.15, 0.2) is 42.6 Å². The second kappa shape index (κ2) is 6.84. The van der Waals surface area contributed by atoms with Crippen molar-refractivity contribution in [2.24, 2.45) is 0 Å². The summed E-state index contributed by atoms with van der Waals surface area (Å²) < 4.78 is 20.1. The van der Waals surface area contributed by atoms with Crippen LogP contribution in [0.1, 0.15) is 24.6 Å². The van der Waals surface area contributed by atoms with E-state index in [1.54, 1.807) is 10.6 Å². The normalized spacial score (nSPS) is 17.2. The molecule has 0 radical (unpaired) electrons. The molecule has 1 aromatic carbocycles. The fourth-order valence-corrected chi connectivity index (χ4v) is 3.55. The molecule has 3 heterocycles. The second-order valence-corrected chi connectivity index (χ2v) is 6.41. The third-order valence-electron chi connectivity index (χ3n) is 4.75. The number of ether oxygens (including phenoxy) is 1. The molecule has 4 rings (SSSR count). The zero-order valence-corrected chi connectivity index (χ0v) is 14.4. The first-order valence-electron chi connectivity index (χ1n) is 8.56. The topological polar surface area (TPSA) is 59.7 Å². The Bertz CT molecular complexity index is 956. The molecule has 0 saturated carbocycles. The molecule has 1 atom stereocenters. The third-order valence-corrected chi connectivity index (χ3v) is 4.75. The Balaban J connectivity index is 1.68. The van der Waals surface area contributed by atoms with Gasteiger partial charge in [0.2, 0.25) is 5.91 Å². The number of fused-ring (bicyclic) bond motifs is 1. The maximum Gasteiger partial charge on any atom is 0.249 e. The SMILES string of the molecule is COCC(=O)N1CCC[C@H]1c1nnn2cc(-c3cccc(F)c3)ccc12. The number of amides is 1. The van der Waals surface area contributed by atoms with Gasteiger partial charge >= 0.3 is 0 Å². The Hall–Kier alpha value is -2.80. The number of carbonyl (C=O) groups excluding carboxylic acids is 1. The monoisotopic (exact) mass is 354 g/mol. The fourth-order valence-electron chi connectivity index (χ4n) is 3.55. The maximum absolute atomic E-state index is 13.5. The largest absolute Gasteiger partial charge is 0.375 e. The van der Waals surface area contributed by atoms with E-state index < -0.39 is 0 Å². The van der Waals surface area contributed by atoms with E-state index in [1.165, 1.54) is 19.2 Å². The third kappa shape index (κ3) is 2.94. The van der Waals surface area contributed by atoms with Crippen molar-refractivity contribution in [3.63, 3.8) is 0 Å².